The van der Waals surface area contributed by atoms with Crippen LogP contribution in [0.25, 0.3) is 0 Å². The second kappa shape index (κ2) is 11.9. The summed E-state index contributed by atoms with van der Waals surface area (Å²) in [5, 5.41) is 0. The second-order valence-electron chi connectivity index (χ2n) is 7.25. The van der Waals surface area contributed by atoms with E-state index in [1.165, 1.54) is 19.1 Å². The predicted octanol–water partition coefficient (Wildman–Crippen LogP) is 4.61. The van der Waals surface area contributed by atoms with Gasteiger partial charge in [0.15, 0.2) is 0 Å². The smallest absolute Gasteiger partial charge is 0.466 e. The molecule has 2 aromatic carbocycles. The number of esters is 2. The lowest BCUT2D eigenvalue weighted by Crippen LogP contribution is -2.34. The van der Waals surface area contributed by atoms with Gasteiger partial charge in [-0.2, -0.15) is 0 Å². The van der Waals surface area contributed by atoms with Gasteiger partial charge in [0.1, 0.15) is 5.75 Å². The Balaban J connectivity index is 2.59. The summed E-state index contributed by atoms with van der Waals surface area (Å²) in [7, 11) is -4.29. The highest BCUT2D eigenvalue weighted by molar-refractivity contribution is 7.92. The van der Waals surface area contributed by atoms with E-state index in [2.05, 4.69) is 4.74 Å². The molecule has 35 heavy (non-hydrogen) atoms. The van der Waals surface area contributed by atoms with Gasteiger partial charge in [0.2, 0.25) is 0 Å². The molecule has 0 radical (unpaired) electrons. The number of alkyl halides is 3. The number of halogens is 3. The van der Waals surface area contributed by atoms with Gasteiger partial charge in [0.05, 0.1) is 29.4 Å². The first-order valence-electron chi connectivity index (χ1n) is 10.7. The van der Waals surface area contributed by atoms with Crippen molar-refractivity contribution in [1.82, 2.24) is 0 Å². The molecule has 0 amide bonds. The summed E-state index contributed by atoms with van der Waals surface area (Å²) >= 11 is 0. The van der Waals surface area contributed by atoms with E-state index in [9.17, 15) is 31.2 Å². The lowest BCUT2D eigenvalue weighted by Gasteiger charge is -2.26. The van der Waals surface area contributed by atoms with Gasteiger partial charge in [-0.05, 0) is 57.5 Å². The first-order valence-corrected chi connectivity index (χ1v) is 12.1. The zero-order valence-electron chi connectivity index (χ0n) is 19.4. The second-order valence-corrected chi connectivity index (χ2v) is 9.11. The van der Waals surface area contributed by atoms with E-state index in [0.717, 1.165) is 28.1 Å². The van der Waals surface area contributed by atoms with E-state index < -0.39 is 39.6 Å². The molecule has 0 aromatic heterocycles. The monoisotopic (exact) mass is 517 g/mol. The molecule has 0 fully saturated rings. The molecular weight excluding hydrogens is 491 g/mol. The van der Waals surface area contributed by atoms with Crippen LogP contribution < -0.4 is 9.04 Å². The highest BCUT2D eigenvalue weighted by atomic mass is 32.2. The molecule has 0 saturated heterocycles. The molecule has 192 valence electrons. The van der Waals surface area contributed by atoms with Crippen molar-refractivity contribution in [2.75, 3.05) is 24.1 Å². The maximum absolute atomic E-state index is 13.5. The molecule has 2 rings (SSSR count). The third-order valence-electron chi connectivity index (χ3n) is 4.62. The lowest BCUT2D eigenvalue weighted by molar-refractivity contribution is -0.274. The Morgan fingerprint density at radius 1 is 0.971 bits per heavy atom. The highest BCUT2D eigenvalue weighted by Gasteiger charge is 2.33. The average Bonchev–Trinajstić information content (AvgIpc) is 2.76. The van der Waals surface area contributed by atoms with Crippen molar-refractivity contribution in [1.29, 1.82) is 0 Å². The van der Waals surface area contributed by atoms with Gasteiger partial charge in [-0.15, -0.1) is 13.2 Å². The molecular formula is C23H26F3NO7S. The lowest BCUT2D eigenvalue weighted by atomic mass is 10.1. The minimum Gasteiger partial charge on any atom is -0.466 e. The number of nitrogens with zero attached hydrogens (tertiary/aromatic N) is 1. The number of carbonyl (C=O) groups excluding carboxylic acids is 2. The molecule has 0 N–H and O–H groups in total. The van der Waals surface area contributed by atoms with Gasteiger partial charge in [-0.1, -0.05) is 17.7 Å². The molecule has 0 atom stereocenters. The predicted molar refractivity (Wildman–Crippen MR) is 121 cm³/mol. The average molecular weight is 518 g/mol. The summed E-state index contributed by atoms with van der Waals surface area (Å²) in [6.45, 7) is 4.68. The SMILES string of the molecule is CCOC(=O)CCCN(c1ccc(OC(F)(F)F)cc1C(=O)OCC)S(=O)(=O)c1ccc(C)cc1. The Kier molecular flexibility index (Phi) is 9.52. The summed E-state index contributed by atoms with van der Waals surface area (Å²) in [5.41, 5.74) is 0.140. The third-order valence-corrected chi connectivity index (χ3v) is 6.45. The van der Waals surface area contributed by atoms with Gasteiger partial charge >= 0.3 is 18.3 Å². The van der Waals surface area contributed by atoms with Crippen molar-refractivity contribution >= 4 is 27.6 Å². The number of hydrogen-bond donors (Lipinski definition) is 0. The maximum atomic E-state index is 13.5. The number of ether oxygens (including phenoxy) is 3. The summed E-state index contributed by atoms with van der Waals surface area (Å²) in [4.78, 5) is 24.3. The zero-order valence-corrected chi connectivity index (χ0v) is 20.2. The summed E-state index contributed by atoms with van der Waals surface area (Å²) in [6.07, 6.45) is -5.12. The maximum Gasteiger partial charge on any atom is 0.573 e. The van der Waals surface area contributed by atoms with Gasteiger partial charge in [-0.25, -0.2) is 13.2 Å². The van der Waals surface area contributed by atoms with Crippen molar-refractivity contribution in [3.63, 3.8) is 0 Å². The van der Waals surface area contributed by atoms with E-state index in [0.29, 0.717) is 0 Å². The van der Waals surface area contributed by atoms with Crippen molar-refractivity contribution < 1.29 is 45.4 Å². The van der Waals surface area contributed by atoms with Crippen LogP contribution in [0.1, 0.15) is 42.6 Å². The van der Waals surface area contributed by atoms with Crippen LogP contribution in [0, 0.1) is 6.92 Å². The number of anilines is 1. The fourth-order valence-electron chi connectivity index (χ4n) is 3.11. The molecule has 8 nitrogen and oxygen atoms in total. The molecule has 0 aliphatic rings. The first-order chi connectivity index (χ1) is 16.4. The largest absolute Gasteiger partial charge is 0.573 e. The Bertz CT molecular complexity index is 1130. The van der Waals surface area contributed by atoms with Crippen LogP contribution in [-0.4, -0.2) is 46.5 Å². The quantitative estimate of drug-likeness (QED) is 0.402. The van der Waals surface area contributed by atoms with Gasteiger partial charge in [0.25, 0.3) is 10.0 Å². The minimum absolute atomic E-state index is 0.0208. The molecule has 0 aliphatic heterocycles. The molecule has 0 heterocycles. The first kappa shape index (κ1) is 28.0. The summed E-state index contributed by atoms with van der Waals surface area (Å²) in [5.74, 6) is -2.30. The van der Waals surface area contributed by atoms with Gasteiger partial charge in [0, 0.05) is 13.0 Å². The van der Waals surface area contributed by atoms with Crippen LogP contribution >= 0.6 is 0 Å². The third kappa shape index (κ3) is 7.88. The molecule has 2 aromatic rings. The standard InChI is InChI=1S/C23H26F3NO7S/c1-4-32-21(28)7-6-14-27(35(30,31)18-11-8-16(3)9-12-18)20-13-10-17(34-23(24,25)26)15-19(20)22(29)33-5-2/h8-13,15H,4-7,14H2,1-3H3. The molecule has 12 heteroatoms. The van der Waals surface area contributed by atoms with Gasteiger partial charge < -0.3 is 14.2 Å². The van der Waals surface area contributed by atoms with Crippen LogP contribution in [0.15, 0.2) is 47.4 Å². The van der Waals surface area contributed by atoms with Crippen LogP contribution in [0.2, 0.25) is 0 Å². The van der Waals surface area contributed by atoms with E-state index in [1.54, 1.807) is 26.0 Å². The number of sulfonamides is 1. The van der Waals surface area contributed by atoms with Crippen molar-refractivity contribution in [2.24, 2.45) is 0 Å². The van der Waals surface area contributed by atoms with E-state index in [1.807, 2.05) is 0 Å². The van der Waals surface area contributed by atoms with E-state index in [4.69, 9.17) is 9.47 Å². The Morgan fingerprint density at radius 2 is 1.60 bits per heavy atom. The number of aryl methyl sites for hydroxylation is 1. The van der Waals surface area contributed by atoms with Crippen LogP contribution in [0.3, 0.4) is 0 Å². The van der Waals surface area contributed by atoms with Gasteiger partial charge in [-0.3, -0.25) is 9.10 Å². The van der Waals surface area contributed by atoms with Crippen molar-refractivity contribution in [3.05, 3.63) is 53.6 Å². The van der Waals surface area contributed by atoms with Crippen molar-refractivity contribution in [2.45, 2.75) is 44.9 Å². The van der Waals surface area contributed by atoms with E-state index >= 15 is 0 Å². The summed E-state index contributed by atoms with van der Waals surface area (Å²) in [6, 6.07) is 8.59. The Labute approximate surface area is 201 Å². The highest BCUT2D eigenvalue weighted by Crippen LogP contribution is 2.33. The Morgan fingerprint density at radius 3 is 2.17 bits per heavy atom. The van der Waals surface area contributed by atoms with Crippen LogP contribution in [-0.2, 0) is 24.3 Å². The number of hydrogen-bond acceptors (Lipinski definition) is 7. The van der Waals surface area contributed by atoms with Crippen LogP contribution in [0.5, 0.6) is 5.75 Å². The van der Waals surface area contributed by atoms with Crippen LogP contribution in [0.4, 0.5) is 18.9 Å². The minimum atomic E-state index is -5.03. The number of rotatable bonds is 11. The molecule has 0 saturated carbocycles. The topological polar surface area (TPSA) is 99.2 Å². The fourth-order valence-corrected chi connectivity index (χ4v) is 4.63. The van der Waals surface area contributed by atoms with E-state index in [-0.39, 0.29) is 43.2 Å². The fraction of sp³-hybridized carbons (Fsp3) is 0.391. The molecule has 0 aliphatic carbocycles. The molecule has 0 bridgehead atoms. The number of benzene rings is 2. The number of carbonyl (C=O) groups is 2. The zero-order chi connectivity index (χ0) is 26.2. The normalized spacial score (nSPS) is 11.6. The Hall–Kier alpha value is -3.28. The summed E-state index contributed by atoms with van der Waals surface area (Å²) < 4.78 is 79.9. The van der Waals surface area contributed by atoms with Crippen molar-refractivity contribution in [3.8, 4) is 5.75 Å². The molecule has 0 unspecified atom stereocenters. The molecule has 0 spiro atoms.